The second-order valence-corrected chi connectivity index (χ2v) is 7.98. The van der Waals surface area contributed by atoms with Crippen LogP contribution in [0.4, 0.5) is 4.79 Å². The summed E-state index contributed by atoms with van der Waals surface area (Å²) in [6.07, 6.45) is 0.781. The Hall–Kier alpha value is -1.86. The Bertz CT molecular complexity index is 661. The minimum absolute atomic E-state index is 0.184. The van der Waals surface area contributed by atoms with Crippen LogP contribution in [0.15, 0.2) is 24.3 Å². The topological polar surface area (TPSA) is 92.5 Å². The number of carbonyl (C=O) groups excluding carboxylic acids is 3. The summed E-state index contributed by atoms with van der Waals surface area (Å²) in [4.78, 5) is 37.3. The van der Waals surface area contributed by atoms with E-state index in [1.807, 2.05) is 6.92 Å². The molecule has 1 aromatic rings. The summed E-state index contributed by atoms with van der Waals surface area (Å²) in [5.41, 5.74) is 6.62. The minimum Gasteiger partial charge on any atom is -0.346 e. The van der Waals surface area contributed by atoms with Crippen molar-refractivity contribution in [3.05, 3.63) is 35.4 Å². The maximum atomic E-state index is 12.6. The standard InChI is InChI=1S/C18H25N3O3S/c1-12(2)8-18(3,11-19)20-16(23)14-6-4-5-13(7-14)9-21-15(22)10-25-17(21)24/h4-7,12H,8-11,19H2,1-3H3,(H,20,23). The normalized spacial score (nSPS) is 17.1. The van der Waals surface area contributed by atoms with Gasteiger partial charge >= 0.3 is 0 Å². The summed E-state index contributed by atoms with van der Waals surface area (Å²) in [5.74, 6) is 0.189. The highest BCUT2D eigenvalue weighted by atomic mass is 32.2. The highest BCUT2D eigenvalue weighted by Crippen LogP contribution is 2.22. The van der Waals surface area contributed by atoms with E-state index in [9.17, 15) is 14.4 Å². The maximum Gasteiger partial charge on any atom is 0.289 e. The van der Waals surface area contributed by atoms with Gasteiger partial charge in [-0.25, -0.2) is 0 Å². The fraction of sp³-hybridized carbons (Fsp3) is 0.500. The van der Waals surface area contributed by atoms with Gasteiger partial charge in [0.25, 0.3) is 11.1 Å². The first-order valence-corrected chi connectivity index (χ1v) is 9.31. The predicted octanol–water partition coefficient (Wildman–Crippen LogP) is 2.38. The zero-order chi connectivity index (χ0) is 18.6. The van der Waals surface area contributed by atoms with Gasteiger partial charge in [0, 0.05) is 17.6 Å². The van der Waals surface area contributed by atoms with Gasteiger partial charge < -0.3 is 11.1 Å². The maximum absolute atomic E-state index is 12.6. The second-order valence-electron chi connectivity index (χ2n) is 7.05. The Morgan fingerprint density at radius 3 is 2.68 bits per heavy atom. The number of rotatable bonds is 7. The van der Waals surface area contributed by atoms with E-state index in [2.05, 4.69) is 19.2 Å². The fourth-order valence-corrected chi connectivity index (χ4v) is 3.69. The monoisotopic (exact) mass is 363 g/mol. The summed E-state index contributed by atoms with van der Waals surface area (Å²) in [7, 11) is 0. The van der Waals surface area contributed by atoms with Gasteiger partial charge in [-0.1, -0.05) is 37.7 Å². The van der Waals surface area contributed by atoms with Gasteiger partial charge in [0.2, 0.25) is 5.91 Å². The van der Waals surface area contributed by atoms with Crippen molar-refractivity contribution in [2.45, 2.75) is 39.3 Å². The van der Waals surface area contributed by atoms with E-state index in [-0.39, 0.29) is 29.4 Å². The molecule has 0 aliphatic carbocycles. The molecule has 1 unspecified atom stereocenters. The third-order valence-corrected chi connectivity index (χ3v) is 4.95. The SMILES string of the molecule is CC(C)CC(C)(CN)NC(=O)c1cccc(CN2C(=O)CSC2=O)c1. The molecule has 3 amide bonds. The number of benzene rings is 1. The summed E-state index contributed by atoms with van der Waals surface area (Å²) in [5, 5.41) is 2.77. The largest absolute Gasteiger partial charge is 0.346 e. The molecule has 1 aliphatic heterocycles. The smallest absolute Gasteiger partial charge is 0.289 e. The molecule has 0 radical (unpaired) electrons. The number of thioether (sulfide) groups is 1. The highest BCUT2D eigenvalue weighted by Gasteiger charge is 2.30. The third kappa shape index (κ3) is 5.06. The van der Waals surface area contributed by atoms with Crippen molar-refractivity contribution in [3.63, 3.8) is 0 Å². The molecule has 136 valence electrons. The molecule has 6 nitrogen and oxygen atoms in total. The lowest BCUT2D eigenvalue weighted by molar-refractivity contribution is -0.125. The Morgan fingerprint density at radius 2 is 2.12 bits per heavy atom. The molecule has 3 N–H and O–H groups in total. The third-order valence-electron chi connectivity index (χ3n) is 4.10. The number of amides is 3. The van der Waals surface area contributed by atoms with Gasteiger partial charge in [0.1, 0.15) is 0 Å². The Labute approximate surface area is 152 Å². The van der Waals surface area contributed by atoms with Crippen molar-refractivity contribution in [2.24, 2.45) is 11.7 Å². The average Bonchev–Trinajstić information content (AvgIpc) is 2.86. The van der Waals surface area contributed by atoms with Gasteiger partial charge in [-0.2, -0.15) is 0 Å². The van der Waals surface area contributed by atoms with Gasteiger partial charge in [-0.05, 0) is 37.0 Å². The summed E-state index contributed by atoms with van der Waals surface area (Å²) in [6.45, 7) is 6.65. The van der Waals surface area contributed by atoms with Crippen molar-refractivity contribution in [3.8, 4) is 0 Å². The van der Waals surface area contributed by atoms with Crippen LogP contribution in [0.1, 0.15) is 43.1 Å². The lowest BCUT2D eigenvalue weighted by Crippen LogP contribution is -2.52. The molecule has 1 atom stereocenters. The van der Waals surface area contributed by atoms with E-state index < -0.39 is 5.54 Å². The van der Waals surface area contributed by atoms with Crippen molar-refractivity contribution in [1.82, 2.24) is 10.2 Å². The number of hydrogen-bond donors (Lipinski definition) is 2. The number of imide groups is 1. The predicted molar refractivity (Wildman–Crippen MR) is 99.2 cm³/mol. The molecule has 1 aromatic carbocycles. The van der Waals surface area contributed by atoms with Crippen LogP contribution in [-0.2, 0) is 11.3 Å². The molecular formula is C18H25N3O3S. The molecule has 1 heterocycles. The van der Waals surface area contributed by atoms with E-state index in [0.29, 0.717) is 18.0 Å². The molecular weight excluding hydrogens is 338 g/mol. The molecule has 2 rings (SSSR count). The number of nitrogens with two attached hydrogens (primary N) is 1. The van der Waals surface area contributed by atoms with E-state index in [0.717, 1.165) is 23.7 Å². The average molecular weight is 363 g/mol. The van der Waals surface area contributed by atoms with E-state index in [4.69, 9.17) is 5.73 Å². The summed E-state index contributed by atoms with van der Waals surface area (Å²) in [6, 6.07) is 6.99. The van der Waals surface area contributed by atoms with Crippen LogP contribution in [0.5, 0.6) is 0 Å². The van der Waals surface area contributed by atoms with Crippen molar-refractivity contribution in [1.29, 1.82) is 0 Å². The Morgan fingerprint density at radius 1 is 1.40 bits per heavy atom. The summed E-state index contributed by atoms with van der Waals surface area (Å²) >= 11 is 1.00. The lowest BCUT2D eigenvalue weighted by atomic mass is 9.90. The Kier molecular flexibility index (Phi) is 6.24. The van der Waals surface area contributed by atoms with Crippen LogP contribution in [0.3, 0.4) is 0 Å². The molecule has 1 fully saturated rings. The zero-order valence-corrected chi connectivity index (χ0v) is 15.7. The van der Waals surface area contributed by atoms with Crippen molar-refractivity contribution >= 4 is 28.8 Å². The first-order valence-electron chi connectivity index (χ1n) is 8.33. The van der Waals surface area contributed by atoms with Crippen LogP contribution in [-0.4, -0.2) is 39.8 Å². The first kappa shape index (κ1) is 19.5. The van der Waals surface area contributed by atoms with E-state index in [1.165, 1.54) is 4.90 Å². The number of carbonyl (C=O) groups is 3. The molecule has 7 heteroatoms. The van der Waals surface area contributed by atoms with Gasteiger partial charge in [-0.15, -0.1) is 0 Å². The van der Waals surface area contributed by atoms with Crippen LogP contribution < -0.4 is 11.1 Å². The van der Waals surface area contributed by atoms with Crippen LogP contribution in [0, 0.1) is 5.92 Å². The van der Waals surface area contributed by atoms with Crippen LogP contribution in [0.2, 0.25) is 0 Å². The fourth-order valence-electron chi connectivity index (χ4n) is 2.96. The quantitative estimate of drug-likeness (QED) is 0.776. The first-order chi connectivity index (χ1) is 11.7. The van der Waals surface area contributed by atoms with Crippen LogP contribution >= 0.6 is 11.8 Å². The highest BCUT2D eigenvalue weighted by molar-refractivity contribution is 8.14. The number of nitrogens with zero attached hydrogens (tertiary/aromatic N) is 1. The van der Waals surface area contributed by atoms with E-state index in [1.54, 1.807) is 24.3 Å². The lowest BCUT2D eigenvalue weighted by Gasteiger charge is -2.31. The molecule has 0 bridgehead atoms. The zero-order valence-electron chi connectivity index (χ0n) is 14.9. The van der Waals surface area contributed by atoms with Gasteiger partial charge in [0.15, 0.2) is 0 Å². The minimum atomic E-state index is -0.473. The molecule has 0 spiro atoms. The number of hydrogen-bond acceptors (Lipinski definition) is 5. The van der Waals surface area contributed by atoms with E-state index >= 15 is 0 Å². The molecule has 1 saturated heterocycles. The molecule has 0 saturated carbocycles. The van der Waals surface area contributed by atoms with Crippen molar-refractivity contribution < 1.29 is 14.4 Å². The van der Waals surface area contributed by atoms with Gasteiger partial charge in [-0.3, -0.25) is 19.3 Å². The van der Waals surface area contributed by atoms with Crippen molar-refractivity contribution in [2.75, 3.05) is 12.3 Å². The molecule has 0 aromatic heterocycles. The molecule has 1 aliphatic rings. The van der Waals surface area contributed by atoms with Gasteiger partial charge in [0.05, 0.1) is 12.3 Å². The molecule has 25 heavy (non-hydrogen) atoms. The number of nitrogens with one attached hydrogen (secondary N) is 1. The second kappa shape index (κ2) is 8.01. The Balaban J connectivity index is 2.11. The van der Waals surface area contributed by atoms with Crippen LogP contribution in [0.25, 0.3) is 0 Å². The summed E-state index contributed by atoms with van der Waals surface area (Å²) < 4.78 is 0.